The third-order valence-corrected chi connectivity index (χ3v) is 12.1. The molecule has 2 fully saturated rings. The number of amides is 1. The number of nitrogens with zero attached hydrogens (tertiary/aromatic N) is 1. The smallest absolute Gasteiger partial charge is 0.227 e. The van der Waals surface area contributed by atoms with Crippen LogP contribution < -0.4 is 0 Å². The number of carbonyl (C=O) groups excluding carboxylic acids is 1. The van der Waals surface area contributed by atoms with Crippen molar-refractivity contribution in [3.8, 4) is 0 Å². The number of hydrogen-bond donors (Lipinski definition) is 0. The fourth-order valence-corrected chi connectivity index (χ4v) is 8.42. The summed E-state index contributed by atoms with van der Waals surface area (Å²) < 4.78 is 7.00. The van der Waals surface area contributed by atoms with Crippen molar-refractivity contribution < 1.29 is 9.22 Å². The summed E-state index contributed by atoms with van der Waals surface area (Å²) >= 11 is 0. The Bertz CT molecular complexity index is 406. The van der Waals surface area contributed by atoms with Gasteiger partial charge in [0.2, 0.25) is 5.91 Å². The van der Waals surface area contributed by atoms with Crippen molar-refractivity contribution in [2.45, 2.75) is 89.5 Å². The Hall–Kier alpha value is -0.353. The maximum atomic E-state index is 12.6. The molecule has 1 saturated carbocycles. The first-order chi connectivity index (χ1) is 10.7. The molecule has 0 aromatic carbocycles. The lowest BCUT2D eigenvalue weighted by Gasteiger charge is -2.52. The Balaban J connectivity index is 2.20. The van der Waals surface area contributed by atoms with Crippen LogP contribution >= 0.6 is 0 Å². The van der Waals surface area contributed by atoms with Crippen LogP contribution in [-0.2, 0) is 9.22 Å². The predicted molar refractivity (Wildman–Crippen MR) is 99.0 cm³/mol. The largest absolute Gasteiger partial charge is 0.412 e. The lowest BCUT2D eigenvalue weighted by Crippen LogP contribution is -2.57. The molecule has 0 unspecified atom stereocenters. The minimum absolute atomic E-state index is 0.0135. The van der Waals surface area contributed by atoms with Gasteiger partial charge < -0.3 is 9.33 Å². The van der Waals surface area contributed by atoms with Gasteiger partial charge in [-0.25, -0.2) is 0 Å². The minimum atomic E-state index is -1.71. The highest BCUT2D eigenvalue weighted by atomic mass is 28.4. The van der Waals surface area contributed by atoms with Crippen LogP contribution in [0.1, 0.15) is 66.2 Å². The van der Waals surface area contributed by atoms with Crippen molar-refractivity contribution in [2.24, 2.45) is 11.8 Å². The Labute approximate surface area is 144 Å². The molecule has 1 aliphatic heterocycles. The average molecular weight is 340 g/mol. The zero-order valence-electron chi connectivity index (χ0n) is 16.2. The van der Waals surface area contributed by atoms with E-state index in [1.807, 2.05) is 14.1 Å². The summed E-state index contributed by atoms with van der Waals surface area (Å²) in [7, 11) is 2.04. The van der Waals surface area contributed by atoms with E-state index in [2.05, 4.69) is 27.7 Å². The van der Waals surface area contributed by atoms with Crippen molar-refractivity contribution in [3.05, 3.63) is 0 Å². The lowest BCUT2D eigenvalue weighted by atomic mass is 9.80. The van der Waals surface area contributed by atoms with Gasteiger partial charge in [0.15, 0.2) is 8.32 Å². The molecule has 134 valence electrons. The van der Waals surface area contributed by atoms with Crippen LogP contribution in [0.15, 0.2) is 0 Å². The van der Waals surface area contributed by atoms with Crippen LogP contribution in [-0.4, -0.2) is 39.3 Å². The minimum Gasteiger partial charge on any atom is -0.412 e. The van der Waals surface area contributed by atoms with E-state index in [4.69, 9.17) is 4.43 Å². The zero-order valence-corrected chi connectivity index (χ0v) is 17.2. The van der Waals surface area contributed by atoms with Crippen LogP contribution in [0.3, 0.4) is 0 Å². The van der Waals surface area contributed by atoms with E-state index in [1.165, 1.54) is 50.6 Å². The summed E-state index contributed by atoms with van der Waals surface area (Å²) in [6, 6.07) is 2.56. The molecule has 23 heavy (non-hydrogen) atoms. The molecule has 0 N–H and O–H groups in total. The molecule has 3 nitrogen and oxygen atoms in total. The van der Waals surface area contributed by atoms with Crippen molar-refractivity contribution in [3.63, 3.8) is 0 Å². The van der Waals surface area contributed by atoms with E-state index in [-0.39, 0.29) is 23.0 Å². The topological polar surface area (TPSA) is 29.5 Å². The van der Waals surface area contributed by atoms with Gasteiger partial charge in [-0.15, -0.1) is 0 Å². The molecule has 2 atom stereocenters. The maximum Gasteiger partial charge on any atom is 0.227 e. The molecule has 0 aromatic heterocycles. The first kappa shape index (κ1) is 19.0. The molecule has 0 spiro atoms. The van der Waals surface area contributed by atoms with Crippen molar-refractivity contribution in [1.82, 2.24) is 4.90 Å². The summed E-state index contributed by atoms with van der Waals surface area (Å²) in [5.41, 5.74) is 0. The van der Waals surface area contributed by atoms with Crippen molar-refractivity contribution in [2.75, 3.05) is 14.1 Å². The summed E-state index contributed by atoms with van der Waals surface area (Å²) in [6.45, 7) is 9.17. The van der Waals surface area contributed by atoms with Gasteiger partial charge in [-0.3, -0.25) is 4.79 Å². The second-order valence-corrected chi connectivity index (χ2v) is 13.8. The summed E-state index contributed by atoms with van der Waals surface area (Å²) in [5.74, 6) is 0.799. The SMILES string of the molecule is C[C@@H](C(=O)N(C)C)[C@H](O[Si]1(C(C)(C)C)CCC1)C1CCCCC1. The van der Waals surface area contributed by atoms with E-state index in [9.17, 15) is 4.79 Å². The lowest BCUT2D eigenvalue weighted by molar-refractivity contribution is -0.137. The summed E-state index contributed by atoms with van der Waals surface area (Å²) in [4.78, 5) is 14.4. The van der Waals surface area contributed by atoms with E-state index in [1.54, 1.807) is 4.90 Å². The van der Waals surface area contributed by atoms with Crippen LogP contribution in [0, 0.1) is 11.8 Å². The Morgan fingerprint density at radius 3 is 2.04 bits per heavy atom. The highest BCUT2D eigenvalue weighted by Crippen LogP contribution is 2.52. The van der Waals surface area contributed by atoms with Gasteiger partial charge in [0.25, 0.3) is 0 Å². The van der Waals surface area contributed by atoms with Gasteiger partial charge in [-0.1, -0.05) is 53.4 Å². The highest BCUT2D eigenvalue weighted by molar-refractivity contribution is 6.79. The molecule has 1 heterocycles. The molecular formula is C19H37NO2Si. The quantitative estimate of drug-likeness (QED) is 0.672. The Kier molecular flexibility index (Phi) is 5.99. The Morgan fingerprint density at radius 1 is 1.09 bits per heavy atom. The van der Waals surface area contributed by atoms with Crippen LogP contribution in [0.4, 0.5) is 0 Å². The van der Waals surface area contributed by atoms with Crippen LogP contribution in [0.5, 0.6) is 0 Å². The highest BCUT2D eigenvalue weighted by Gasteiger charge is 2.54. The third kappa shape index (κ3) is 4.01. The van der Waals surface area contributed by atoms with Gasteiger partial charge in [0, 0.05) is 14.1 Å². The average Bonchev–Trinajstić information content (AvgIpc) is 2.44. The Morgan fingerprint density at radius 2 is 1.65 bits per heavy atom. The number of rotatable bonds is 5. The van der Waals surface area contributed by atoms with Gasteiger partial charge in [0.1, 0.15) is 0 Å². The number of carbonyl (C=O) groups is 1. The standard InChI is InChI=1S/C19H37NO2Si/c1-15(18(21)20(5)6)17(16-11-8-7-9-12-16)22-23(13-10-14-23)19(2,3)4/h15-17H,7-14H2,1-6H3/t15-,17+/m1/s1. The molecular weight excluding hydrogens is 302 g/mol. The fraction of sp³-hybridized carbons (Fsp3) is 0.947. The van der Waals surface area contributed by atoms with Crippen LogP contribution in [0.25, 0.3) is 0 Å². The number of hydrogen-bond acceptors (Lipinski definition) is 2. The van der Waals surface area contributed by atoms with Crippen LogP contribution in [0.2, 0.25) is 17.1 Å². The molecule has 4 heteroatoms. The fourth-order valence-electron chi connectivity index (χ4n) is 4.42. The van der Waals surface area contributed by atoms with Gasteiger partial charge >= 0.3 is 0 Å². The van der Waals surface area contributed by atoms with E-state index in [0.29, 0.717) is 5.92 Å². The second-order valence-electron chi connectivity index (χ2n) is 9.10. The predicted octanol–water partition coefficient (Wildman–Crippen LogP) is 4.83. The van der Waals surface area contributed by atoms with Gasteiger partial charge in [-0.2, -0.15) is 0 Å². The van der Waals surface area contributed by atoms with Gasteiger partial charge in [0.05, 0.1) is 12.0 Å². The molecule has 2 rings (SSSR count). The molecule has 0 bridgehead atoms. The zero-order chi connectivity index (χ0) is 17.3. The molecule has 2 aliphatic rings. The first-order valence-corrected chi connectivity index (χ1v) is 11.9. The molecule has 1 amide bonds. The maximum absolute atomic E-state index is 12.6. The van der Waals surface area contributed by atoms with Gasteiger partial charge in [-0.05, 0) is 35.9 Å². The van der Waals surface area contributed by atoms with Crippen molar-refractivity contribution in [1.29, 1.82) is 0 Å². The van der Waals surface area contributed by atoms with E-state index >= 15 is 0 Å². The monoisotopic (exact) mass is 339 g/mol. The normalized spacial score (nSPS) is 24.6. The molecule has 0 aromatic rings. The van der Waals surface area contributed by atoms with E-state index < -0.39 is 8.32 Å². The molecule has 0 radical (unpaired) electrons. The first-order valence-electron chi connectivity index (χ1n) is 9.57. The summed E-state index contributed by atoms with van der Waals surface area (Å²) in [5, 5.41) is 0.277. The molecule has 1 saturated heterocycles. The third-order valence-electron chi connectivity index (χ3n) is 6.33. The summed E-state index contributed by atoms with van der Waals surface area (Å²) in [6.07, 6.45) is 7.89. The van der Waals surface area contributed by atoms with Crippen molar-refractivity contribution >= 4 is 14.2 Å². The van der Waals surface area contributed by atoms with E-state index in [0.717, 1.165) is 0 Å². The second kappa shape index (κ2) is 7.26. The molecule has 1 aliphatic carbocycles.